The van der Waals surface area contributed by atoms with Crippen LogP contribution in [0.3, 0.4) is 0 Å². The fourth-order valence-electron chi connectivity index (χ4n) is 2.13. The van der Waals surface area contributed by atoms with Crippen LogP contribution in [0.5, 0.6) is 0 Å². The molecular weight excluding hydrogens is 186 g/mol. The van der Waals surface area contributed by atoms with Crippen molar-refractivity contribution in [2.45, 2.75) is 19.3 Å². The molecule has 0 unspecified atom stereocenters. The summed E-state index contributed by atoms with van der Waals surface area (Å²) in [4.78, 5) is 2.42. The first-order valence-corrected chi connectivity index (χ1v) is 5.63. The number of nitrogen functional groups attached to an aromatic ring is 1. The molecule has 1 aromatic rings. The lowest BCUT2D eigenvalue weighted by Gasteiger charge is -2.29. The largest absolute Gasteiger partial charge is 0.397 e. The highest BCUT2D eigenvalue weighted by molar-refractivity contribution is 5.71. The van der Waals surface area contributed by atoms with Gasteiger partial charge in [0, 0.05) is 25.8 Å². The van der Waals surface area contributed by atoms with Crippen LogP contribution in [-0.2, 0) is 0 Å². The van der Waals surface area contributed by atoms with Crippen molar-refractivity contribution in [3.05, 3.63) is 18.2 Å². The van der Waals surface area contributed by atoms with Crippen molar-refractivity contribution in [1.29, 1.82) is 0 Å². The third-order valence-electron chi connectivity index (χ3n) is 3.03. The van der Waals surface area contributed by atoms with Gasteiger partial charge in [0.05, 0.1) is 11.4 Å². The summed E-state index contributed by atoms with van der Waals surface area (Å²) < 4.78 is 0. The van der Waals surface area contributed by atoms with E-state index in [1.165, 1.54) is 38.0 Å². The fraction of sp³-hybridized carbons (Fsp3) is 0.500. The zero-order chi connectivity index (χ0) is 10.7. The van der Waals surface area contributed by atoms with Crippen LogP contribution in [0.15, 0.2) is 18.2 Å². The van der Waals surface area contributed by atoms with E-state index >= 15 is 0 Å². The zero-order valence-electron chi connectivity index (χ0n) is 9.29. The number of nitrogens with one attached hydrogen (secondary N) is 1. The van der Waals surface area contributed by atoms with Crippen LogP contribution < -0.4 is 16.0 Å². The molecule has 1 aliphatic heterocycles. The predicted octanol–water partition coefficient (Wildman–Crippen LogP) is 2.30. The molecule has 2 rings (SSSR count). The predicted molar refractivity (Wildman–Crippen MR) is 66.5 cm³/mol. The highest BCUT2D eigenvalue weighted by atomic mass is 15.1. The molecule has 0 aromatic heterocycles. The maximum absolute atomic E-state index is 5.95. The maximum atomic E-state index is 5.95. The second-order valence-corrected chi connectivity index (χ2v) is 4.07. The van der Waals surface area contributed by atoms with Gasteiger partial charge in [-0.15, -0.1) is 0 Å². The smallest absolute Gasteiger partial charge is 0.0572 e. The quantitative estimate of drug-likeness (QED) is 0.728. The molecule has 0 amide bonds. The minimum atomic E-state index is 0.834. The molecule has 15 heavy (non-hydrogen) atoms. The van der Waals surface area contributed by atoms with Gasteiger partial charge in [-0.1, -0.05) is 0 Å². The van der Waals surface area contributed by atoms with Crippen molar-refractivity contribution >= 4 is 17.1 Å². The van der Waals surface area contributed by atoms with Gasteiger partial charge >= 0.3 is 0 Å². The first-order valence-electron chi connectivity index (χ1n) is 5.63. The van der Waals surface area contributed by atoms with Gasteiger partial charge < -0.3 is 16.0 Å². The molecule has 0 radical (unpaired) electrons. The van der Waals surface area contributed by atoms with E-state index in [0.29, 0.717) is 0 Å². The van der Waals surface area contributed by atoms with Crippen LogP contribution >= 0.6 is 0 Å². The lowest BCUT2D eigenvalue weighted by atomic mass is 10.1. The van der Waals surface area contributed by atoms with Gasteiger partial charge in [-0.3, -0.25) is 0 Å². The molecule has 0 bridgehead atoms. The molecule has 3 nitrogen and oxygen atoms in total. The van der Waals surface area contributed by atoms with Crippen molar-refractivity contribution in [3.63, 3.8) is 0 Å². The van der Waals surface area contributed by atoms with Crippen molar-refractivity contribution < 1.29 is 0 Å². The number of hydrogen-bond acceptors (Lipinski definition) is 3. The molecule has 1 aliphatic rings. The van der Waals surface area contributed by atoms with Gasteiger partial charge in [0.1, 0.15) is 0 Å². The average molecular weight is 205 g/mol. The van der Waals surface area contributed by atoms with E-state index in [0.717, 1.165) is 11.4 Å². The average Bonchev–Trinajstić information content (AvgIpc) is 2.30. The lowest BCUT2D eigenvalue weighted by molar-refractivity contribution is 0.578. The van der Waals surface area contributed by atoms with E-state index in [-0.39, 0.29) is 0 Å². The molecule has 1 aromatic carbocycles. The second kappa shape index (κ2) is 4.43. The summed E-state index contributed by atoms with van der Waals surface area (Å²) in [6, 6.07) is 6.27. The molecule has 1 fully saturated rings. The summed E-state index contributed by atoms with van der Waals surface area (Å²) in [7, 11) is 1.90. The van der Waals surface area contributed by atoms with Crippen LogP contribution in [0.2, 0.25) is 0 Å². The zero-order valence-corrected chi connectivity index (χ0v) is 9.29. The third-order valence-corrected chi connectivity index (χ3v) is 3.03. The van der Waals surface area contributed by atoms with Crippen LogP contribution in [0.4, 0.5) is 17.1 Å². The number of piperidine rings is 1. The molecule has 0 saturated carbocycles. The normalized spacial score (nSPS) is 16.5. The van der Waals surface area contributed by atoms with Crippen molar-refractivity contribution in [3.8, 4) is 0 Å². The molecule has 0 spiro atoms. The number of hydrogen-bond donors (Lipinski definition) is 2. The molecule has 3 heteroatoms. The molecule has 1 saturated heterocycles. The van der Waals surface area contributed by atoms with Gasteiger partial charge in [-0.05, 0) is 37.5 Å². The van der Waals surface area contributed by atoms with E-state index in [1.807, 2.05) is 7.05 Å². The molecular formula is C12H19N3. The summed E-state index contributed by atoms with van der Waals surface area (Å²) in [5.41, 5.74) is 9.05. The minimum absolute atomic E-state index is 0.834. The topological polar surface area (TPSA) is 41.3 Å². The summed E-state index contributed by atoms with van der Waals surface area (Å²) in [5, 5.41) is 3.08. The molecule has 0 aliphatic carbocycles. The Morgan fingerprint density at radius 1 is 1.20 bits per heavy atom. The Morgan fingerprint density at radius 2 is 1.93 bits per heavy atom. The lowest BCUT2D eigenvalue weighted by Crippen LogP contribution is -2.29. The fourth-order valence-corrected chi connectivity index (χ4v) is 2.13. The van der Waals surface area contributed by atoms with Gasteiger partial charge in [0.15, 0.2) is 0 Å². The number of rotatable bonds is 2. The SMILES string of the molecule is CNc1ccc(N2CCCCC2)cc1N. The number of nitrogens with zero attached hydrogens (tertiary/aromatic N) is 1. The number of anilines is 3. The Morgan fingerprint density at radius 3 is 2.53 bits per heavy atom. The summed E-state index contributed by atoms with van der Waals surface area (Å²) >= 11 is 0. The van der Waals surface area contributed by atoms with Crippen molar-refractivity contribution in [2.75, 3.05) is 36.1 Å². The van der Waals surface area contributed by atoms with E-state index in [9.17, 15) is 0 Å². The molecule has 1 heterocycles. The van der Waals surface area contributed by atoms with Gasteiger partial charge in [-0.2, -0.15) is 0 Å². The Bertz CT molecular complexity index is 330. The summed E-state index contributed by atoms with van der Waals surface area (Å²) in [6.07, 6.45) is 3.96. The number of nitrogens with two attached hydrogens (primary N) is 1. The maximum Gasteiger partial charge on any atom is 0.0572 e. The summed E-state index contributed by atoms with van der Waals surface area (Å²) in [6.45, 7) is 2.33. The van der Waals surface area contributed by atoms with Gasteiger partial charge in [0.2, 0.25) is 0 Å². The highest BCUT2D eigenvalue weighted by Crippen LogP contribution is 2.26. The van der Waals surface area contributed by atoms with Gasteiger partial charge in [0.25, 0.3) is 0 Å². The Hall–Kier alpha value is -1.38. The van der Waals surface area contributed by atoms with E-state index in [4.69, 9.17) is 5.73 Å². The van der Waals surface area contributed by atoms with Crippen LogP contribution in [-0.4, -0.2) is 20.1 Å². The molecule has 82 valence electrons. The molecule has 3 N–H and O–H groups in total. The minimum Gasteiger partial charge on any atom is -0.397 e. The highest BCUT2D eigenvalue weighted by Gasteiger charge is 2.11. The van der Waals surface area contributed by atoms with E-state index in [2.05, 4.69) is 28.4 Å². The standard InChI is InChI=1S/C12H19N3/c1-14-12-6-5-10(9-11(12)13)15-7-3-2-4-8-15/h5-6,9,14H,2-4,7-8,13H2,1H3. The van der Waals surface area contributed by atoms with Crippen molar-refractivity contribution in [1.82, 2.24) is 0 Å². The second-order valence-electron chi connectivity index (χ2n) is 4.07. The van der Waals surface area contributed by atoms with Crippen LogP contribution in [0.25, 0.3) is 0 Å². The monoisotopic (exact) mass is 205 g/mol. The van der Waals surface area contributed by atoms with E-state index < -0.39 is 0 Å². The molecule has 0 atom stereocenters. The Labute approximate surface area is 91.3 Å². The summed E-state index contributed by atoms with van der Waals surface area (Å²) in [5.74, 6) is 0. The number of benzene rings is 1. The first kappa shape index (κ1) is 10.1. The van der Waals surface area contributed by atoms with Crippen LogP contribution in [0.1, 0.15) is 19.3 Å². The van der Waals surface area contributed by atoms with Gasteiger partial charge in [-0.25, -0.2) is 0 Å². The third kappa shape index (κ3) is 2.17. The Kier molecular flexibility index (Phi) is 2.99. The van der Waals surface area contributed by atoms with Crippen LogP contribution in [0, 0.1) is 0 Å². The first-order chi connectivity index (χ1) is 7.31. The van der Waals surface area contributed by atoms with Crippen molar-refractivity contribution in [2.24, 2.45) is 0 Å². The van der Waals surface area contributed by atoms with E-state index in [1.54, 1.807) is 0 Å². The Balaban J connectivity index is 2.17.